The van der Waals surface area contributed by atoms with Crippen molar-refractivity contribution < 1.29 is 8.78 Å². The fourth-order valence-electron chi connectivity index (χ4n) is 2.41. The van der Waals surface area contributed by atoms with Crippen molar-refractivity contribution in [1.29, 1.82) is 0 Å². The third-order valence-electron chi connectivity index (χ3n) is 3.51. The molecule has 0 unspecified atom stereocenters. The van der Waals surface area contributed by atoms with E-state index in [9.17, 15) is 8.78 Å². The summed E-state index contributed by atoms with van der Waals surface area (Å²) in [7, 11) is 0. The number of imidazole rings is 1. The molecule has 21 heavy (non-hydrogen) atoms. The number of H-pyrrole nitrogens is 1. The average Bonchev–Trinajstić information content (AvgIpc) is 2.75. The number of rotatable bonds is 2. The number of benzene rings is 2. The van der Waals surface area contributed by atoms with Gasteiger partial charge in [0, 0.05) is 17.8 Å². The number of fused-ring (bicyclic) bond motifs is 1. The molecule has 0 aliphatic carbocycles. The predicted octanol–water partition coefficient (Wildman–Crippen LogP) is 5.09. The lowest BCUT2D eigenvalue weighted by molar-refractivity contribution is 0.590. The molecule has 2 nitrogen and oxygen atoms in total. The highest BCUT2D eigenvalue weighted by Crippen LogP contribution is 2.25. The molecule has 0 aliphatic heterocycles. The van der Waals surface area contributed by atoms with Gasteiger partial charge in [0.05, 0.1) is 5.52 Å². The molecule has 0 aliphatic rings. The van der Waals surface area contributed by atoms with Crippen molar-refractivity contribution >= 4 is 23.3 Å². The number of halogens is 2. The van der Waals surface area contributed by atoms with Crippen LogP contribution in [-0.4, -0.2) is 9.55 Å². The molecule has 0 saturated carbocycles. The van der Waals surface area contributed by atoms with Crippen LogP contribution in [0.1, 0.15) is 25.3 Å². The van der Waals surface area contributed by atoms with Crippen LogP contribution in [0.5, 0.6) is 0 Å². The van der Waals surface area contributed by atoms with Gasteiger partial charge in [0.1, 0.15) is 11.3 Å². The van der Waals surface area contributed by atoms with Crippen LogP contribution in [0.15, 0.2) is 36.4 Å². The zero-order chi connectivity index (χ0) is 15.1. The molecule has 3 rings (SSSR count). The van der Waals surface area contributed by atoms with E-state index in [1.807, 2.05) is 24.3 Å². The highest BCUT2D eigenvalue weighted by Gasteiger charge is 2.13. The SMILES string of the molecule is CC(C)c1cccc(-n2c(=S)[nH]c3c(F)cc(F)cc32)c1. The largest absolute Gasteiger partial charge is 0.328 e. The molecule has 0 atom stereocenters. The third kappa shape index (κ3) is 2.38. The number of nitrogens with one attached hydrogen (secondary N) is 1. The monoisotopic (exact) mass is 304 g/mol. The van der Waals surface area contributed by atoms with Crippen LogP contribution in [0, 0.1) is 16.4 Å². The van der Waals surface area contributed by atoms with Gasteiger partial charge in [-0.05, 0) is 35.8 Å². The van der Waals surface area contributed by atoms with Crippen molar-refractivity contribution in [3.63, 3.8) is 0 Å². The van der Waals surface area contributed by atoms with Crippen molar-refractivity contribution in [2.75, 3.05) is 0 Å². The van der Waals surface area contributed by atoms with Crippen LogP contribution in [0.4, 0.5) is 8.78 Å². The second-order valence-electron chi connectivity index (χ2n) is 5.30. The van der Waals surface area contributed by atoms with Gasteiger partial charge in [-0.25, -0.2) is 8.78 Å². The number of hydrogen-bond donors (Lipinski definition) is 1. The Morgan fingerprint density at radius 1 is 1.14 bits per heavy atom. The van der Waals surface area contributed by atoms with Gasteiger partial charge < -0.3 is 4.98 Å². The van der Waals surface area contributed by atoms with E-state index >= 15 is 0 Å². The van der Waals surface area contributed by atoms with Gasteiger partial charge in [0.15, 0.2) is 10.6 Å². The summed E-state index contributed by atoms with van der Waals surface area (Å²) in [6, 6.07) is 9.93. The van der Waals surface area contributed by atoms with Crippen molar-refractivity contribution in [2.24, 2.45) is 0 Å². The van der Waals surface area contributed by atoms with Crippen LogP contribution in [0.25, 0.3) is 16.7 Å². The van der Waals surface area contributed by atoms with Crippen LogP contribution >= 0.6 is 12.2 Å². The maximum Gasteiger partial charge on any atom is 0.182 e. The molecule has 1 heterocycles. The smallest absolute Gasteiger partial charge is 0.182 e. The van der Waals surface area contributed by atoms with Crippen molar-refractivity contribution in [3.8, 4) is 5.69 Å². The van der Waals surface area contributed by atoms with Crippen molar-refractivity contribution in [3.05, 3.63) is 58.4 Å². The molecule has 0 bridgehead atoms. The summed E-state index contributed by atoms with van der Waals surface area (Å²) in [5, 5.41) is 0. The Bertz CT molecular complexity index is 878. The van der Waals surface area contributed by atoms with E-state index in [4.69, 9.17) is 12.2 Å². The molecule has 0 spiro atoms. The number of hydrogen-bond acceptors (Lipinski definition) is 1. The quantitative estimate of drug-likeness (QED) is 0.654. The summed E-state index contributed by atoms with van der Waals surface area (Å²) in [6.07, 6.45) is 0. The van der Waals surface area contributed by atoms with Crippen molar-refractivity contribution in [1.82, 2.24) is 9.55 Å². The zero-order valence-electron chi connectivity index (χ0n) is 11.7. The highest BCUT2D eigenvalue weighted by molar-refractivity contribution is 7.71. The Kier molecular flexibility index (Phi) is 3.37. The van der Waals surface area contributed by atoms with E-state index in [0.29, 0.717) is 16.2 Å². The molecule has 1 aromatic heterocycles. The number of aromatic nitrogens is 2. The van der Waals surface area contributed by atoms with E-state index in [0.717, 1.165) is 17.3 Å². The zero-order valence-corrected chi connectivity index (χ0v) is 12.5. The van der Waals surface area contributed by atoms with Crippen LogP contribution in [0.2, 0.25) is 0 Å². The average molecular weight is 304 g/mol. The minimum absolute atomic E-state index is 0.219. The first-order valence-electron chi connectivity index (χ1n) is 6.67. The van der Waals surface area contributed by atoms with Gasteiger partial charge >= 0.3 is 0 Å². The topological polar surface area (TPSA) is 20.7 Å². The predicted molar refractivity (Wildman–Crippen MR) is 82.5 cm³/mol. The summed E-state index contributed by atoms with van der Waals surface area (Å²) in [4.78, 5) is 2.81. The molecule has 0 fully saturated rings. The molecule has 0 amide bonds. The summed E-state index contributed by atoms with van der Waals surface area (Å²) in [5.74, 6) is -0.907. The van der Waals surface area contributed by atoms with Crippen LogP contribution in [0.3, 0.4) is 0 Å². The standard InChI is InChI=1S/C16H14F2N2S/c1-9(2)10-4-3-5-12(6-10)20-14-8-11(17)7-13(18)15(14)19-16(20)21/h3-9H,1-2H3,(H,19,21). The fraction of sp³-hybridized carbons (Fsp3) is 0.188. The molecule has 0 saturated heterocycles. The van der Waals surface area contributed by atoms with Crippen molar-refractivity contribution in [2.45, 2.75) is 19.8 Å². The molecule has 5 heteroatoms. The molecule has 2 aromatic carbocycles. The first-order chi connectivity index (χ1) is 9.97. The Balaban J connectivity index is 2.32. The molecule has 1 N–H and O–H groups in total. The lowest BCUT2D eigenvalue weighted by atomic mass is 10.0. The summed E-state index contributed by atoms with van der Waals surface area (Å²) < 4.78 is 29.3. The van der Waals surface area contributed by atoms with Gasteiger partial charge in [-0.2, -0.15) is 0 Å². The van der Waals surface area contributed by atoms with Crippen LogP contribution in [-0.2, 0) is 0 Å². The first-order valence-corrected chi connectivity index (χ1v) is 7.08. The second-order valence-corrected chi connectivity index (χ2v) is 5.68. The van der Waals surface area contributed by atoms with E-state index in [2.05, 4.69) is 18.8 Å². The lowest BCUT2D eigenvalue weighted by Gasteiger charge is -2.10. The van der Waals surface area contributed by atoms with E-state index in [-0.39, 0.29) is 5.52 Å². The summed E-state index contributed by atoms with van der Waals surface area (Å²) in [5.41, 5.74) is 2.55. The molecular weight excluding hydrogens is 290 g/mol. The van der Waals surface area contributed by atoms with Crippen LogP contribution < -0.4 is 0 Å². The molecule has 3 aromatic rings. The highest BCUT2D eigenvalue weighted by atomic mass is 32.1. The normalized spacial score (nSPS) is 11.5. The minimum Gasteiger partial charge on any atom is -0.328 e. The second kappa shape index (κ2) is 5.07. The Morgan fingerprint density at radius 2 is 1.90 bits per heavy atom. The fourth-order valence-corrected chi connectivity index (χ4v) is 2.72. The van der Waals surface area contributed by atoms with Gasteiger partial charge in [0.25, 0.3) is 0 Å². The number of aromatic amines is 1. The van der Waals surface area contributed by atoms with Gasteiger partial charge in [-0.1, -0.05) is 26.0 Å². The van der Waals surface area contributed by atoms with E-state index in [1.54, 1.807) is 4.57 Å². The van der Waals surface area contributed by atoms with Gasteiger partial charge in [-0.15, -0.1) is 0 Å². The minimum atomic E-state index is -0.644. The molecule has 0 radical (unpaired) electrons. The summed E-state index contributed by atoms with van der Waals surface area (Å²) in [6.45, 7) is 4.18. The lowest BCUT2D eigenvalue weighted by Crippen LogP contribution is -1.97. The van der Waals surface area contributed by atoms with Gasteiger partial charge in [-0.3, -0.25) is 4.57 Å². The Hall–Kier alpha value is -2.01. The maximum atomic E-state index is 13.8. The van der Waals surface area contributed by atoms with E-state index < -0.39 is 11.6 Å². The molecule has 108 valence electrons. The third-order valence-corrected chi connectivity index (χ3v) is 3.79. The maximum absolute atomic E-state index is 13.8. The van der Waals surface area contributed by atoms with Gasteiger partial charge in [0.2, 0.25) is 0 Å². The molecular formula is C16H14F2N2S. The van der Waals surface area contributed by atoms with E-state index in [1.165, 1.54) is 6.07 Å². The Labute approximate surface area is 126 Å². The Morgan fingerprint density at radius 3 is 2.62 bits per heavy atom. The first kappa shape index (κ1) is 13.9. The number of nitrogens with zero attached hydrogens (tertiary/aromatic N) is 1. The summed E-state index contributed by atoms with van der Waals surface area (Å²) >= 11 is 5.27.